The van der Waals surface area contributed by atoms with Gasteiger partial charge in [-0.15, -0.1) is 0 Å². The number of nitrogens with zero attached hydrogens (tertiary/aromatic N) is 3. The molecule has 0 aliphatic heterocycles. The topological polar surface area (TPSA) is 97.0 Å². The van der Waals surface area contributed by atoms with E-state index in [0.717, 1.165) is 12.1 Å². The molecule has 4 rings (SSSR count). The van der Waals surface area contributed by atoms with Gasteiger partial charge in [0, 0.05) is 25.0 Å². The zero-order valence-electron chi connectivity index (χ0n) is 18.4. The largest absolute Gasteiger partial charge is 0.485 e. The molecular weight excluding hydrogens is 444 g/mol. The molecule has 2 N–H and O–H groups in total. The number of benzene rings is 1. The van der Waals surface area contributed by atoms with E-state index in [-0.39, 0.29) is 35.8 Å². The van der Waals surface area contributed by atoms with Crippen molar-refractivity contribution < 1.29 is 28.5 Å². The lowest BCUT2D eigenvalue weighted by Gasteiger charge is -2.29. The number of aryl methyl sites for hydroxylation is 1. The lowest BCUT2D eigenvalue weighted by Crippen LogP contribution is -2.37. The Labute approximate surface area is 194 Å². The third kappa shape index (κ3) is 4.27. The van der Waals surface area contributed by atoms with E-state index in [0.29, 0.717) is 16.9 Å². The Balaban J connectivity index is 1.66. The van der Waals surface area contributed by atoms with Crippen LogP contribution >= 0.6 is 0 Å². The zero-order valence-corrected chi connectivity index (χ0v) is 18.4. The summed E-state index contributed by atoms with van der Waals surface area (Å²) in [7, 11) is 0. The predicted octanol–water partition coefficient (Wildman–Crippen LogP) is 3.39. The molecule has 0 fully saturated rings. The van der Waals surface area contributed by atoms with Crippen molar-refractivity contribution in [2.24, 2.45) is 0 Å². The van der Waals surface area contributed by atoms with E-state index in [9.17, 15) is 23.8 Å². The molecular formula is C25H23F2N3O4. The summed E-state index contributed by atoms with van der Waals surface area (Å²) in [4.78, 5) is 21.9. The molecule has 34 heavy (non-hydrogen) atoms. The number of carbonyl (C=O) groups excluding carboxylic acids is 1. The summed E-state index contributed by atoms with van der Waals surface area (Å²) < 4.78 is 35.2. The van der Waals surface area contributed by atoms with Gasteiger partial charge >= 0.3 is 0 Å². The fraction of sp³-hybridized carbons (Fsp3) is 0.240. The van der Waals surface area contributed by atoms with Crippen molar-refractivity contribution in [1.82, 2.24) is 14.4 Å². The number of imidazole rings is 1. The van der Waals surface area contributed by atoms with E-state index in [1.54, 1.807) is 43.6 Å². The van der Waals surface area contributed by atoms with Gasteiger partial charge in [-0.1, -0.05) is 12.1 Å². The minimum atomic E-state index is -1.22. The van der Waals surface area contributed by atoms with Crippen molar-refractivity contribution in [2.75, 3.05) is 13.2 Å². The molecule has 176 valence electrons. The second-order valence-corrected chi connectivity index (χ2v) is 8.04. The second kappa shape index (κ2) is 9.66. The fourth-order valence-corrected chi connectivity index (χ4v) is 3.94. The van der Waals surface area contributed by atoms with Gasteiger partial charge in [-0.3, -0.25) is 14.2 Å². The number of aliphatic hydroxyl groups excluding tert-OH is 2. The van der Waals surface area contributed by atoms with Crippen molar-refractivity contribution in [3.05, 3.63) is 95.2 Å². The summed E-state index contributed by atoms with van der Waals surface area (Å²) >= 11 is 0. The third-order valence-corrected chi connectivity index (χ3v) is 5.86. The number of rotatable bonds is 9. The second-order valence-electron chi connectivity index (χ2n) is 8.04. The maximum Gasteiger partial charge on any atom is 0.182 e. The number of pyridine rings is 2. The van der Waals surface area contributed by atoms with Crippen molar-refractivity contribution in [3.63, 3.8) is 0 Å². The van der Waals surface area contributed by atoms with Crippen LogP contribution in [0.5, 0.6) is 5.75 Å². The van der Waals surface area contributed by atoms with E-state index in [2.05, 4.69) is 9.97 Å². The standard InChI is InChI=1S/C25H23F2N3O4/c1-16-23(21(33)11-25(14-31,15-32)17-5-3-9-28-12-17)30-10-4-8-22(24(30)29-16)34-13-18-19(26)6-2-7-20(18)27/h2-10,12,31-32H,11,13-15H2,1H3. The molecule has 1 aromatic carbocycles. The van der Waals surface area contributed by atoms with Gasteiger partial charge in [0.2, 0.25) is 0 Å². The van der Waals surface area contributed by atoms with Gasteiger partial charge in [-0.25, -0.2) is 13.8 Å². The SMILES string of the molecule is Cc1nc2c(OCc3c(F)cccc3F)cccn2c1C(=O)CC(CO)(CO)c1cccnc1. The van der Waals surface area contributed by atoms with Gasteiger partial charge in [-0.05, 0) is 42.8 Å². The van der Waals surface area contributed by atoms with Crippen LogP contribution < -0.4 is 4.74 Å². The Bertz CT molecular complexity index is 1300. The summed E-state index contributed by atoms with van der Waals surface area (Å²) in [6, 6.07) is 10.2. The molecule has 0 atom stereocenters. The number of halogens is 2. The van der Waals surface area contributed by atoms with E-state index < -0.39 is 30.3 Å². The Morgan fingerprint density at radius 3 is 2.47 bits per heavy atom. The van der Waals surface area contributed by atoms with Crippen LogP contribution in [-0.2, 0) is 12.0 Å². The number of Topliss-reactive ketones (excluding diaryl/α,β-unsaturated/α-hetero) is 1. The number of hydrogen-bond donors (Lipinski definition) is 2. The van der Waals surface area contributed by atoms with Crippen LogP contribution in [0.3, 0.4) is 0 Å². The zero-order chi connectivity index (χ0) is 24.3. The molecule has 3 heterocycles. The molecule has 9 heteroatoms. The van der Waals surface area contributed by atoms with Crippen LogP contribution in [0.15, 0.2) is 61.1 Å². The summed E-state index contributed by atoms with van der Waals surface area (Å²) in [6.45, 7) is 0.384. The number of aromatic nitrogens is 3. The Morgan fingerprint density at radius 1 is 1.09 bits per heavy atom. The smallest absolute Gasteiger partial charge is 0.182 e. The highest BCUT2D eigenvalue weighted by Gasteiger charge is 2.36. The molecule has 0 radical (unpaired) electrons. The molecule has 0 bridgehead atoms. The maximum absolute atomic E-state index is 14.0. The molecule has 0 unspecified atom stereocenters. The first-order valence-electron chi connectivity index (χ1n) is 10.6. The van der Waals surface area contributed by atoms with E-state index in [4.69, 9.17) is 4.74 Å². The average molecular weight is 467 g/mol. The molecule has 0 saturated carbocycles. The minimum Gasteiger partial charge on any atom is -0.485 e. The van der Waals surface area contributed by atoms with Gasteiger partial charge in [0.05, 0.1) is 29.9 Å². The first kappa shape index (κ1) is 23.5. The minimum absolute atomic E-state index is 0.189. The summed E-state index contributed by atoms with van der Waals surface area (Å²) in [5.74, 6) is -1.55. The molecule has 0 spiro atoms. The van der Waals surface area contributed by atoms with E-state index in [1.807, 2.05) is 0 Å². The summed E-state index contributed by atoms with van der Waals surface area (Å²) in [5, 5.41) is 20.2. The average Bonchev–Trinajstić information content (AvgIpc) is 3.19. The van der Waals surface area contributed by atoms with Crippen molar-refractivity contribution >= 4 is 11.4 Å². The van der Waals surface area contributed by atoms with Crippen molar-refractivity contribution in [2.45, 2.75) is 25.4 Å². The quantitative estimate of drug-likeness (QED) is 0.367. The lowest BCUT2D eigenvalue weighted by molar-refractivity contribution is 0.0782. The number of aliphatic hydroxyl groups is 2. The highest BCUT2D eigenvalue weighted by Crippen LogP contribution is 2.31. The van der Waals surface area contributed by atoms with Gasteiger partial charge in [0.1, 0.15) is 23.9 Å². The Kier molecular flexibility index (Phi) is 6.67. The van der Waals surface area contributed by atoms with Crippen LogP contribution in [0, 0.1) is 18.6 Å². The van der Waals surface area contributed by atoms with E-state index >= 15 is 0 Å². The van der Waals surface area contributed by atoms with Gasteiger partial charge in [0.15, 0.2) is 17.2 Å². The maximum atomic E-state index is 14.0. The van der Waals surface area contributed by atoms with Gasteiger partial charge in [0.25, 0.3) is 0 Å². The molecule has 0 aliphatic rings. The van der Waals surface area contributed by atoms with Crippen molar-refractivity contribution in [3.8, 4) is 5.75 Å². The Morgan fingerprint density at radius 2 is 1.82 bits per heavy atom. The van der Waals surface area contributed by atoms with Crippen LogP contribution in [0.4, 0.5) is 8.78 Å². The first-order chi connectivity index (χ1) is 16.4. The van der Waals surface area contributed by atoms with Gasteiger partial charge < -0.3 is 14.9 Å². The number of ether oxygens (including phenoxy) is 1. The monoisotopic (exact) mass is 467 g/mol. The number of carbonyl (C=O) groups is 1. The van der Waals surface area contributed by atoms with Crippen LogP contribution in [0.1, 0.15) is 33.7 Å². The van der Waals surface area contributed by atoms with Crippen molar-refractivity contribution in [1.29, 1.82) is 0 Å². The number of hydrogen-bond acceptors (Lipinski definition) is 6. The lowest BCUT2D eigenvalue weighted by atomic mass is 9.78. The fourth-order valence-electron chi connectivity index (χ4n) is 3.94. The summed E-state index contributed by atoms with van der Waals surface area (Å²) in [6.07, 6.45) is 4.51. The van der Waals surface area contributed by atoms with E-state index in [1.165, 1.54) is 16.7 Å². The molecule has 0 amide bonds. The normalized spacial score (nSPS) is 11.7. The molecule has 7 nitrogen and oxygen atoms in total. The molecule has 4 aromatic rings. The van der Waals surface area contributed by atoms with Crippen LogP contribution in [0.2, 0.25) is 0 Å². The van der Waals surface area contributed by atoms with Crippen LogP contribution in [0.25, 0.3) is 5.65 Å². The predicted molar refractivity (Wildman–Crippen MR) is 120 cm³/mol. The molecule has 0 saturated heterocycles. The van der Waals surface area contributed by atoms with Crippen LogP contribution in [-0.4, -0.2) is 43.6 Å². The molecule has 3 aromatic heterocycles. The molecule has 0 aliphatic carbocycles. The first-order valence-corrected chi connectivity index (χ1v) is 10.6. The third-order valence-electron chi connectivity index (χ3n) is 5.86. The van der Waals surface area contributed by atoms with Gasteiger partial charge in [-0.2, -0.15) is 0 Å². The highest BCUT2D eigenvalue weighted by molar-refractivity contribution is 5.97. The number of ketones is 1. The summed E-state index contributed by atoms with van der Waals surface area (Å²) in [5.41, 5.74) is 0.0760. The Hall–Kier alpha value is -3.69. The highest BCUT2D eigenvalue weighted by atomic mass is 19.1. The number of fused-ring (bicyclic) bond motifs is 1.